The van der Waals surface area contributed by atoms with Gasteiger partial charge in [0.2, 0.25) is 0 Å². The first-order valence-corrected chi connectivity index (χ1v) is 6.14. The van der Waals surface area contributed by atoms with Crippen LogP contribution in [0.15, 0.2) is 18.2 Å². The van der Waals surface area contributed by atoms with Crippen molar-refractivity contribution in [3.8, 4) is 0 Å². The first kappa shape index (κ1) is 13.8. The second-order valence-corrected chi connectivity index (χ2v) is 4.91. The van der Waals surface area contributed by atoms with Crippen molar-refractivity contribution in [2.45, 2.75) is 13.0 Å². The van der Waals surface area contributed by atoms with Crippen LogP contribution in [0.2, 0.25) is 10.0 Å². The molecule has 1 N–H and O–H groups in total. The van der Waals surface area contributed by atoms with E-state index < -0.39 is 0 Å². The van der Waals surface area contributed by atoms with E-state index in [9.17, 15) is 0 Å². The zero-order valence-corrected chi connectivity index (χ0v) is 11.3. The standard InChI is InChI=1S/C12H18Cl2N2/c1-16(2)7-3-6-15-9-10-8-11(13)4-5-12(10)14/h4-5,8,15H,3,6-7,9H2,1-2H3. The minimum atomic E-state index is 0.731. The molecule has 0 unspecified atom stereocenters. The first-order chi connectivity index (χ1) is 7.59. The molecule has 2 nitrogen and oxygen atoms in total. The van der Waals surface area contributed by atoms with Crippen LogP contribution in [0.1, 0.15) is 12.0 Å². The van der Waals surface area contributed by atoms with Gasteiger partial charge in [0.25, 0.3) is 0 Å². The molecule has 0 fully saturated rings. The normalized spacial score (nSPS) is 11.1. The topological polar surface area (TPSA) is 15.3 Å². The summed E-state index contributed by atoms with van der Waals surface area (Å²) in [5.74, 6) is 0. The molecule has 1 aromatic carbocycles. The molecule has 0 saturated carbocycles. The molecule has 0 radical (unpaired) electrons. The first-order valence-electron chi connectivity index (χ1n) is 5.39. The Hall–Kier alpha value is -0.280. The molecule has 0 aliphatic heterocycles. The Morgan fingerprint density at radius 3 is 2.69 bits per heavy atom. The van der Waals surface area contributed by atoms with E-state index in [1.54, 1.807) is 6.07 Å². The lowest BCUT2D eigenvalue weighted by Crippen LogP contribution is -2.21. The summed E-state index contributed by atoms with van der Waals surface area (Å²) in [6, 6.07) is 5.54. The summed E-state index contributed by atoms with van der Waals surface area (Å²) in [7, 11) is 4.15. The average Bonchev–Trinajstić information content (AvgIpc) is 2.22. The highest BCUT2D eigenvalue weighted by Gasteiger charge is 2.00. The van der Waals surface area contributed by atoms with Crippen LogP contribution in [0.5, 0.6) is 0 Å². The number of hydrogen-bond donors (Lipinski definition) is 1. The minimum absolute atomic E-state index is 0.731. The maximum atomic E-state index is 6.05. The second-order valence-electron chi connectivity index (χ2n) is 4.07. The monoisotopic (exact) mass is 260 g/mol. The highest BCUT2D eigenvalue weighted by molar-refractivity contribution is 6.33. The third-order valence-corrected chi connectivity index (χ3v) is 2.89. The van der Waals surface area contributed by atoms with Gasteiger partial charge in [-0.1, -0.05) is 23.2 Å². The Labute approximate surface area is 108 Å². The number of rotatable bonds is 6. The fourth-order valence-electron chi connectivity index (χ4n) is 1.42. The van der Waals surface area contributed by atoms with Crippen LogP contribution in [0.4, 0.5) is 0 Å². The van der Waals surface area contributed by atoms with Crippen molar-refractivity contribution in [1.82, 2.24) is 10.2 Å². The third kappa shape index (κ3) is 5.17. The van der Waals surface area contributed by atoms with E-state index in [1.165, 1.54) is 0 Å². The van der Waals surface area contributed by atoms with Crippen molar-refractivity contribution in [2.24, 2.45) is 0 Å². The Morgan fingerprint density at radius 2 is 2.00 bits per heavy atom. The van der Waals surface area contributed by atoms with Crippen molar-refractivity contribution >= 4 is 23.2 Å². The molecule has 0 aliphatic carbocycles. The molecule has 0 atom stereocenters. The van der Waals surface area contributed by atoms with Gasteiger partial charge >= 0.3 is 0 Å². The number of nitrogens with one attached hydrogen (secondary N) is 1. The fourth-order valence-corrected chi connectivity index (χ4v) is 1.80. The molecular formula is C12H18Cl2N2. The molecule has 0 bridgehead atoms. The van der Waals surface area contributed by atoms with Crippen molar-refractivity contribution in [1.29, 1.82) is 0 Å². The van der Waals surface area contributed by atoms with Crippen molar-refractivity contribution in [3.05, 3.63) is 33.8 Å². The van der Waals surface area contributed by atoms with Crippen LogP contribution in [0.25, 0.3) is 0 Å². The van der Waals surface area contributed by atoms with Crippen LogP contribution in [0.3, 0.4) is 0 Å². The van der Waals surface area contributed by atoms with Crippen LogP contribution in [0, 0.1) is 0 Å². The average molecular weight is 261 g/mol. The summed E-state index contributed by atoms with van der Waals surface area (Å²) < 4.78 is 0. The predicted molar refractivity (Wildman–Crippen MR) is 71.3 cm³/mol. The molecular weight excluding hydrogens is 243 g/mol. The summed E-state index contributed by atoms with van der Waals surface area (Å²) in [4.78, 5) is 2.17. The number of hydrogen-bond acceptors (Lipinski definition) is 2. The maximum absolute atomic E-state index is 6.05. The lowest BCUT2D eigenvalue weighted by Gasteiger charge is -2.10. The van der Waals surface area contributed by atoms with E-state index in [4.69, 9.17) is 23.2 Å². The second kappa shape index (κ2) is 7.13. The van der Waals surface area contributed by atoms with Gasteiger partial charge in [-0.3, -0.25) is 0 Å². The highest BCUT2D eigenvalue weighted by atomic mass is 35.5. The minimum Gasteiger partial charge on any atom is -0.313 e. The van der Waals surface area contributed by atoms with E-state index in [0.717, 1.165) is 41.7 Å². The van der Waals surface area contributed by atoms with E-state index in [1.807, 2.05) is 12.1 Å². The molecule has 1 aromatic rings. The zero-order chi connectivity index (χ0) is 12.0. The van der Waals surface area contributed by atoms with Crippen molar-refractivity contribution in [2.75, 3.05) is 27.2 Å². The predicted octanol–water partition coefficient (Wildman–Crippen LogP) is 3.03. The summed E-state index contributed by atoms with van der Waals surface area (Å²) in [5, 5.41) is 4.85. The Morgan fingerprint density at radius 1 is 1.25 bits per heavy atom. The van der Waals surface area contributed by atoms with E-state index in [-0.39, 0.29) is 0 Å². The number of benzene rings is 1. The van der Waals surface area contributed by atoms with Crippen LogP contribution in [-0.2, 0) is 6.54 Å². The smallest absolute Gasteiger partial charge is 0.0451 e. The molecule has 0 aromatic heterocycles. The van der Waals surface area contributed by atoms with Crippen molar-refractivity contribution < 1.29 is 0 Å². The zero-order valence-electron chi connectivity index (χ0n) is 9.76. The molecule has 0 heterocycles. The summed E-state index contributed by atoms with van der Waals surface area (Å²) >= 11 is 12.0. The number of nitrogens with zero attached hydrogens (tertiary/aromatic N) is 1. The highest BCUT2D eigenvalue weighted by Crippen LogP contribution is 2.20. The van der Waals surface area contributed by atoms with Crippen molar-refractivity contribution in [3.63, 3.8) is 0 Å². The van der Waals surface area contributed by atoms with Crippen LogP contribution < -0.4 is 5.32 Å². The largest absolute Gasteiger partial charge is 0.313 e. The van der Waals surface area contributed by atoms with Gasteiger partial charge in [0.15, 0.2) is 0 Å². The molecule has 0 aliphatic rings. The Kier molecular flexibility index (Phi) is 6.14. The van der Waals surface area contributed by atoms with Crippen LogP contribution >= 0.6 is 23.2 Å². The van der Waals surface area contributed by atoms with E-state index >= 15 is 0 Å². The van der Waals surface area contributed by atoms with Gasteiger partial charge < -0.3 is 10.2 Å². The molecule has 1 rings (SSSR count). The quantitative estimate of drug-likeness (QED) is 0.792. The number of halogens is 2. The summed E-state index contributed by atoms with van der Waals surface area (Å²) in [6.45, 7) is 2.85. The van der Waals surface area contributed by atoms with E-state index in [2.05, 4.69) is 24.3 Å². The van der Waals surface area contributed by atoms with Gasteiger partial charge in [-0.25, -0.2) is 0 Å². The molecule has 90 valence electrons. The molecule has 16 heavy (non-hydrogen) atoms. The molecule has 0 saturated heterocycles. The fraction of sp³-hybridized carbons (Fsp3) is 0.500. The Bertz CT molecular complexity index is 327. The summed E-state index contributed by atoms with van der Waals surface area (Å²) in [6.07, 6.45) is 1.13. The van der Waals surface area contributed by atoms with Gasteiger partial charge in [0.1, 0.15) is 0 Å². The lowest BCUT2D eigenvalue weighted by molar-refractivity contribution is 0.394. The van der Waals surface area contributed by atoms with Gasteiger partial charge in [-0.2, -0.15) is 0 Å². The SMILES string of the molecule is CN(C)CCCNCc1cc(Cl)ccc1Cl. The molecule has 0 amide bonds. The van der Waals surface area contributed by atoms with Gasteiger partial charge in [0, 0.05) is 16.6 Å². The van der Waals surface area contributed by atoms with E-state index in [0.29, 0.717) is 0 Å². The van der Waals surface area contributed by atoms with Gasteiger partial charge in [-0.15, -0.1) is 0 Å². The van der Waals surface area contributed by atoms with Gasteiger partial charge in [-0.05, 0) is 57.4 Å². The lowest BCUT2D eigenvalue weighted by atomic mass is 10.2. The third-order valence-electron chi connectivity index (χ3n) is 2.28. The van der Waals surface area contributed by atoms with Crippen LogP contribution in [-0.4, -0.2) is 32.1 Å². The Balaban J connectivity index is 2.29. The summed E-state index contributed by atoms with van der Waals surface area (Å²) in [5.41, 5.74) is 1.05. The van der Waals surface area contributed by atoms with Gasteiger partial charge in [0.05, 0.1) is 0 Å². The molecule has 4 heteroatoms. The molecule has 0 spiro atoms. The maximum Gasteiger partial charge on any atom is 0.0451 e.